The first-order chi connectivity index (χ1) is 10.2. The molecule has 21 heavy (non-hydrogen) atoms. The molecule has 0 amide bonds. The van der Waals surface area contributed by atoms with Crippen molar-refractivity contribution >= 4 is 11.6 Å². The van der Waals surface area contributed by atoms with Crippen molar-refractivity contribution in [3.05, 3.63) is 47.3 Å². The van der Waals surface area contributed by atoms with Crippen molar-refractivity contribution in [2.75, 3.05) is 7.11 Å². The van der Waals surface area contributed by atoms with Crippen molar-refractivity contribution in [3.8, 4) is 22.9 Å². The van der Waals surface area contributed by atoms with Crippen molar-refractivity contribution in [3.63, 3.8) is 0 Å². The Kier molecular flexibility index (Phi) is 3.64. The maximum absolute atomic E-state index is 6.08. The third-order valence-electron chi connectivity index (χ3n) is 3.06. The van der Waals surface area contributed by atoms with E-state index in [0.717, 1.165) is 0 Å². The van der Waals surface area contributed by atoms with Crippen LogP contribution in [0.15, 0.2) is 41.0 Å². The van der Waals surface area contributed by atoms with Gasteiger partial charge in [0.15, 0.2) is 5.76 Å². The van der Waals surface area contributed by atoms with E-state index in [4.69, 9.17) is 26.5 Å². The molecule has 1 aromatic carbocycles. The van der Waals surface area contributed by atoms with Gasteiger partial charge >= 0.3 is 0 Å². The van der Waals surface area contributed by atoms with Crippen LogP contribution in [0.5, 0.6) is 5.75 Å². The molecule has 2 N–H and O–H groups in total. The number of methoxy groups -OCH3 is 1. The zero-order valence-electron chi connectivity index (χ0n) is 11.3. The number of ether oxygens (including phenoxy) is 1. The molecule has 0 aliphatic rings. The average molecular weight is 305 g/mol. The number of benzene rings is 1. The second-order valence-corrected chi connectivity index (χ2v) is 4.73. The summed E-state index contributed by atoms with van der Waals surface area (Å²) in [5, 5.41) is 8.82. The molecule has 0 radical (unpaired) electrons. The van der Waals surface area contributed by atoms with Crippen LogP contribution in [0.1, 0.15) is 5.69 Å². The Bertz CT molecular complexity index is 752. The second kappa shape index (κ2) is 5.59. The van der Waals surface area contributed by atoms with Crippen LogP contribution in [0.2, 0.25) is 5.02 Å². The van der Waals surface area contributed by atoms with Gasteiger partial charge in [0.2, 0.25) is 0 Å². The Morgan fingerprint density at radius 3 is 2.90 bits per heavy atom. The van der Waals surface area contributed by atoms with E-state index in [1.54, 1.807) is 42.3 Å². The minimum atomic E-state index is 0.249. The van der Waals surface area contributed by atoms with E-state index in [0.29, 0.717) is 33.6 Å². The standard InChI is InChI=1S/C14H13ClN4O2/c1-20-12-5-4-9(15)7-11(12)19-14(10(8-16)17-18-19)13-3-2-6-21-13/h2-7H,8,16H2,1H3. The molecule has 0 unspecified atom stereocenters. The zero-order chi connectivity index (χ0) is 14.8. The van der Waals surface area contributed by atoms with Crippen molar-refractivity contribution in [1.29, 1.82) is 0 Å². The van der Waals surface area contributed by atoms with Gasteiger partial charge in [0.25, 0.3) is 0 Å². The summed E-state index contributed by atoms with van der Waals surface area (Å²) in [6.45, 7) is 0.249. The van der Waals surface area contributed by atoms with Crippen molar-refractivity contribution < 1.29 is 9.15 Å². The largest absolute Gasteiger partial charge is 0.494 e. The summed E-state index contributed by atoms with van der Waals surface area (Å²) in [6.07, 6.45) is 1.59. The van der Waals surface area contributed by atoms with Gasteiger partial charge in [0.1, 0.15) is 22.8 Å². The van der Waals surface area contributed by atoms with E-state index in [1.165, 1.54) is 0 Å². The van der Waals surface area contributed by atoms with Gasteiger partial charge in [-0.3, -0.25) is 0 Å². The first-order valence-corrected chi connectivity index (χ1v) is 6.65. The van der Waals surface area contributed by atoms with Crippen molar-refractivity contribution in [2.45, 2.75) is 6.54 Å². The van der Waals surface area contributed by atoms with Crippen LogP contribution < -0.4 is 10.5 Å². The number of nitrogens with zero attached hydrogens (tertiary/aromatic N) is 3. The summed E-state index contributed by atoms with van der Waals surface area (Å²) in [7, 11) is 1.58. The summed E-state index contributed by atoms with van der Waals surface area (Å²) < 4.78 is 12.4. The number of aromatic nitrogens is 3. The predicted molar refractivity (Wildman–Crippen MR) is 78.5 cm³/mol. The number of furan rings is 1. The topological polar surface area (TPSA) is 79.1 Å². The van der Waals surface area contributed by atoms with Crippen LogP contribution in [0.3, 0.4) is 0 Å². The summed E-state index contributed by atoms with van der Waals surface area (Å²) in [5.41, 5.74) is 7.72. The lowest BCUT2D eigenvalue weighted by Gasteiger charge is -2.10. The van der Waals surface area contributed by atoms with E-state index in [9.17, 15) is 0 Å². The summed E-state index contributed by atoms with van der Waals surface area (Å²) in [6, 6.07) is 8.89. The van der Waals surface area contributed by atoms with Gasteiger partial charge in [-0.15, -0.1) is 5.10 Å². The highest BCUT2D eigenvalue weighted by molar-refractivity contribution is 6.30. The fraction of sp³-hybridized carbons (Fsp3) is 0.143. The Morgan fingerprint density at radius 1 is 1.38 bits per heavy atom. The van der Waals surface area contributed by atoms with Crippen LogP contribution in [-0.4, -0.2) is 22.1 Å². The van der Waals surface area contributed by atoms with Gasteiger partial charge in [-0.1, -0.05) is 16.8 Å². The summed E-state index contributed by atoms with van der Waals surface area (Å²) in [5.74, 6) is 1.25. The Labute approximate surface area is 126 Å². The van der Waals surface area contributed by atoms with Crippen LogP contribution in [0, 0.1) is 0 Å². The average Bonchev–Trinajstić information content (AvgIpc) is 3.15. The molecule has 0 saturated carbocycles. The van der Waals surface area contributed by atoms with Crippen molar-refractivity contribution in [2.24, 2.45) is 5.73 Å². The third kappa shape index (κ3) is 2.39. The molecule has 3 rings (SSSR count). The molecule has 6 nitrogen and oxygen atoms in total. The normalized spacial score (nSPS) is 10.8. The highest BCUT2D eigenvalue weighted by Crippen LogP contribution is 2.31. The molecular formula is C14H13ClN4O2. The van der Waals surface area contributed by atoms with Crippen LogP contribution >= 0.6 is 11.6 Å². The molecule has 2 heterocycles. The molecule has 0 spiro atoms. The number of halogens is 1. The van der Waals surface area contributed by atoms with Crippen LogP contribution in [0.4, 0.5) is 0 Å². The maximum Gasteiger partial charge on any atom is 0.154 e. The molecule has 0 aliphatic carbocycles. The Morgan fingerprint density at radius 2 is 2.24 bits per heavy atom. The lowest BCUT2D eigenvalue weighted by atomic mass is 10.2. The quantitative estimate of drug-likeness (QED) is 0.801. The monoisotopic (exact) mass is 304 g/mol. The molecule has 0 saturated heterocycles. The van der Waals surface area contributed by atoms with E-state index < -0.39 is 0 Å². The van der Waals surface area contributed by atoms with Gasteiger partial charge in [-0.2, -0.15) is 0 Å². The van der Waals surface area contributed by atoms with Crippen molar-refractivity contribution in [1.82, 2.24) is 15.0 Å². The second-order valence-electron chi connectivity index (χ2n) is 4.29. The van der Waals surface area contributed by atoms with Crippen LogP contribution in [0.25, 0.3) is 17.1 Å². The lowest BCUT2D eigenvalue weighted by molar-refractivity contribution is 0.411. The highest BCUT2D eigenvalue weighted by atomic mass is 35.5. The molecule has 0 atom stereocenters. The Balaban J connectivity index is 2.24. The smallest absolute Gasteiger partial charge is 0.154 e. The maximum atomic E-state index is 6.08. The third-order valence-corrected chi connectivity index (χ3v) is 3.29. The van der Waals surface area contributed by atoms with Gasteiger partial charge in [-0.25, -0.2) is 4.68 Å². The highest BCUT2D eigenvalue weighted by Gasteiger charge is 2.20. The SMILES string of the molecule is COc1ccc(Cl)cc1-n1nnc(CN)c1-c1ccco1. The molecule has 7 heteroatoms. The van der Waals surface area contributed by atoms with Gasteiger partial charge < -0.3 is 14.9 Å². The number of nitrogens with two attached hydrogens (primary N) is 1. The van der Waals surface area contributed by atoms with E-state index >= 15 is 0 Å². The Hall–Kier alpha value is -2.31. The van der Waals surface area contributed by atoms with Gasteiger partial charge in [0.05, 0.1) is 13.4 Å². The molecule has 3 aromatic rings. The molecule has 0 aliphatic heterocycles. The minimum absolute atomic E-state index is 0.249. The van der Waals surface area contributed by atoms with E-state index in [2.05, 4.69) is 10.3 Å². The fourth-order valence-corrected chi connectivity index (χ4v) is 2.27. The van der Waals surface area contributed by atoms with Crippen LogP contribution in [-0.2, 0) is 6.54 Å². The summed E-state index contributed by atoms with van der Waals surface area (Å²) in [4.78, 5) is 0. The molecule has 108 valence electrons. The molecule has 0 bridgehead atoms. The number of rotatable bonds is 4. The molecule has 2 aromatic heterocycles. The summed E-state index contributed by atoms with van der Waals surface area (Å²) >= 11 is 6.08. The molecular weight excluding hydrogens is 292 g/mol. The minimum Gasteiger partial charge on any atom is -0.494 e. The van der Waals surface area contributed by atoms with E-state index in [1.807, 2.05) is 6.07 Å². The number of hydrogen-bond acceptors (Lipinski definition) is 5. The molecule has 0 fully saturated rings. The van der Waals surface area contributed by atoms with Gasteiger partial charge in [-0.05, 0) is 30.3 Å². The zero-order valence-corrected chi connectivity index (χ0v) is 12.0. The fourth-order valence-electron chi connectivity index (χ4n) is 2.11. The lowest BCUT2D eigenvalue weighted by Crippen LogP contribution is -2.04. The number of hydrogen-bond donors (Lipinski definition) is 1. The first kappa shape index (κ1) is 13.7. The first-order valence-electron chi connectivity index (χ1n) is 6.27. The predicted octanol–water partition coefficient (Wildman–Crippen LogP) is 2.65. The van der Waals surface area contributed by atoms with E-state index in [-0.39, 0.29) is 6.54 Å². The van der Waals surface area contributed by atoms with Gasteiger partial charge in [0, 0.05) is 11.6 Å².